The van der Waals surface area contributed by atoms with Crippen molar-refractivity contribution in [2.45, 2.75) is 31.0 Å². The Bertz CT molecular complexity index is 165. The van der Waals surface area contributed by atoms with Crippen molar-refractivity contribution in [3.05, 3.63) is 0 Å². The van der Waals surface area contributed by atoms with Gasteiger partial charge in [0.1, 0.15) is 0 Å². The highest BCUT2D eigenvalue weighted by atomic mass is 31.2. The van der Waals surface area contributed by atoms with Crippen LogP contribution in [0.2, 0.25) is 0 Å². The van der Waals surface area contributed by atoms with Gasteiger partial charge in [-0.05, 0) is 19.3 Å². The first-order valence-electron chi connectivity index (χ1n) is 3.55. The zero-order valence-electron chi connectivity index (χ0n) is 6.16. The minimum absolute atomic E-state index is 0.0255. The van der Waals surface area contributed by atoms with Gasteiger partial charge in [0.25, 0.3) is 0 Å². The summed E-state index contributed by atoms with van der Waals surface area (Å²) in [7, 11) is -2.83. The maximum Gasteiger partial charge on any atom is 0.200 e. The molecule has 10 heavy (non-hydrogen) atoms. The molecular formula is C6H14NO2P. The predicted octanol–water partition coefficient (Wildman–Crippen LogP) is 0.766. The van der Waals surface area contributed by atoms with Gasteiger partial charge in [-0.2, -0.15) is 0 Å². The molecular weight excluding hydrogens is 149 g/mol. The fraction of sp³-hybridized carbons (Fsp3) is 1.00. The average molecular weight is 163 g/mol. The van der Waals surface area contributed by atoms with Crippen LogP contribution in [0.5, 0.6) is 0 Å². The van der Waals surface area contributed by atoms with Crippen LogP contribution in [0.3, 0.4) is 0 Å². The van der Waals surface area contributed by atoms with E-state index in [-0.39, 0.29) is 11.7 Å². The van der Waals surface area contributed by atoms with E-state index in [2.05, 4.69) is 0 Å². The quantitative estimate of drug-likeness (QED) is 0.561. The van der Waals surface area contributed by atoms with Crippen LogP contribution in [0.1, 0.15) is 19.3 Å². The molecule has 1 unspecified atom stereocenters. The Morgan fingerprint density at radius 2 is 2.20 bits per heavy atom. The lowest BCUT2D eigenvalue weighted by Gasteiger charge is -2.12. The van der Waals surface area contributed by atoms with Crippen molar-refractivity contribution >= 4 is 7.37 Å². The summed E-state index contributed by atoms with van der Waals surface area (Å²) in [4.78, 5) is 9.14. The van der Waals surface area contributed by atoms with E-state index in [4.69, 9.17) is 10.6 Å². The highest BCUT2D eigenvalue weighted by Gasteiger charge is 2.32. The van der Waals surface area contributed by atoms with Gasteiger partial charge in [0.05, 0.1) is 0 Å². The second kappa shape index (κ2) is 2.65. The Kier molecular flexibility index (Phi) is 2.18. The first-order chi connectivity index (χ1) is 4.50. The van der Waals surface area contributed by atoms with Crippen LogP contribution < -0.4 is 5.73 Å². The van der Waals surface area contributed by atoms with Gasteiger partial charge < -0.3 is 10.6 Å². The summed E-state index contributed by atoms with van der Waals surface area (Å²) in [5, 5.41) is 0. The zero-order valence-corrected chi connectivity index (χ0v) is 7.05. The highest BCUT2D eigenvalue weighted by molar-refractivity contribution is 7.57. The topological polar surface area (TPSA) is 63.3 Å². The van der Waals surface area contributed by atoms with Gasteiger partial charge >= 0.3 is 0 Å². The Balaban J connectivity index is 2.53. The lowest BCUT2D eigenvalue weighted by atomic mass is 10.3. The van der Waals surface area contributed by atoms with E-state index < -0.39 is 7.37 Å². The van der Waals surface area contributed by atoms with Crippen LogP contribution in [-0.2, 0) is 4.57 Å². The summed E-state index contributed by atoms with van der Waals surface area (Å²) in [5.41, 5.74) is 5.56. The van der Waals surface area contributed by atoms with Crippen LogP contribution in [-0.4, -0.2) is 23.3 Å². The van der Waals surface area contributed by atoms with E-state index in [9.17, 15) is 4.57 Å². The van der Waals surface area contributed by atoms with Crippen molar-refractivity contribution < 1.29 is 9.46 Å². The number of rotatable bonds is 1. The largest absolute Gasteiger partial charge is 0.344 e. The van der Waals surface area contributed by atoms with Gasteiger partial charge in [-0.15, -0.1) is 0 Å². The molecule has 0 aromatic heterocycles. The molecule has 0 aromatic rings. The lowest BCUT2D eigenvalue weighted by Crippen LogP contribution is -2.16. The zero-order chi connectivity index (χ0) is 7.78. The van der Waals surface area contributed by atoms with Gasteiger partial charge in [0.15, 0.2) is 0 Å². The van der Waals surface area contributed by atoms with Crippen molar-refractivity contribution in [2.75, 3.05) is 6.66 Å². The van der Waals surface area contributed by atoms with E-state index in [1.807, 2.05) is 0 Å². The molecule has 1 rings (SSSR count). The molecule has 3 atom stereocenters. The number of nitrogens with two attached hydrogens (primary N) is 1. The van der Waals surface area contributed by atoms with Crippen LogP contribution in [0.4, 0.5) is 0 Å². The van der Waals surface area contributed by atoms with Crippen molar-refractivity contribution in [3.8, 4) is 0 Å². The van der Waals surface area contributed by atoms with Crippen LogP contribution in [0, 0.1) is 0 Å². The van der Waals surface area contributed by atoms with E-state index in [1.165, 1.54) is 6.66 Å². The van der Waals surface area contributed by atoms with E-state index in [0.717, 1.165) is 19.3 Å². The molecule has 1 aliphatic carbocycles. The Morgan fingerprint density at radius 1 is 1.60 bits per heavy atom. The molecule has 1 aliphatic rings. The second-order valence-corrected chi connectivity index (χ2v) is 5.79. The third kappa shape index (κ3) is 1.82. The molecule has 0 heterocycles. The van der Waals surface area contributed by atoms with Gasteiger partial charge in [-0.25, -0.2) is 0 Å². The third-order valence-corrected chi connectivity index (χ3v) is 3.95. The summed E-state index contributed by atoms with van der Waals surface area (Å²) < 4.78 is 11.1. The summed E-state index contributed by atoms with van der Waals surface area (Å²) >= 11 is 0. The third-order valence-electron chi connectivity index (χ3n) is 2.12. The molecule has 1 fully saturated rings. The predicted molar refractivity (Wildman–Crippen MR) is 41.4 cm³/mol. The fourth-order valence-electron chi connectivity index (χ4n) is 1.43. The Morgan fingerprint density at radius 3 is 2.40 bits per heavy atom. The lowest BCUT2D eigenvalue weighted by molar-refractivity contribution is 0.468. The van der Waals surface area contributed by atoms with Gasteiger partial charge in [0.2, 0.25) is 7.37 Å². The number of hydrogen-bond acceptors (Lipinski definition) is 2. The van der Waals surface area contributed by atoms with Gasteiger partial charge in [-0.1, -0.05) is 0 Å². The average Bonchev–Trinajstić information content (AvgIpc) is 2.11. The van der Waals surface area contributed by atoms with E-state index in [1.54, 1.807) is 0 Å². The Labute approximate surface area is 61.1 Å². The maximum absolute atomic E-state index is 11.1. The van der Waals surface area contributed by atoms with Crippen molar-refractivity contribution in [3.63, 3.8) is 0 Å². The molecule has 0 spiro atoms. The minimum atomic E-state index is -2.83. The van der Waals surface area contributed by atoms with Crippen LogP contribution in [0.15, 0.2) is 0 Å². The van der Waals surface area contributed by atoms with Gasteiger partial charge in [-0.3, -0.25) is 4.57 Å². The SMILES string of the molecule is CP(=O)(O)[C@@H]1CC[C@H](N)C1. The molecule has 3 nitrogen and oxygen atoms in total. The van der Waals surface area contributed by atoms with E-state index >= 15 is 0 Å². The first-order valence-corrected chi connectivity index (χ1v) is 5.73. The molecule has 0 bridgehead atoms. The molecule has 3 N–H and O–H groups in total. The smallest absolute Gasteiger partial charge is 0.200 e. The van der Waals surface area contributed by atoms with Crippen LogP contribution in [0.25, 0.3) is 0 Å². The monoisotopic (exact) mass is 163 g/mol. The highest BCUT2D eigenvalue weighted by Crippen LogP contribution is 2.49. The second-order valence-electron chi connectivity index (χ2n) is 3.17. The minimum Gasteiger partial charge on any atom is -0.344 e. The maximum atomic E-state index is 11.1. The van der Waals surface area contributed by atoms with Crippen molar-refractivity contribution in [2.24, 2.45) is 5.73 Å². The summed E-state index contributed by atoms with van der Waals surface area (Å²) in [5.74, 6) is 0. The fourth-order valence-corrected chi connectivity index (χ4v) is 2.72. The van der Waals surface area contributed by atoms with Crippen molar-refractivity contribution in [1.82, 2.24) is 0 Å². The van der Waals surface area contributed by atoms with Crippen molar-refractivity contribution in [1.29, 1.82) is 0 Å². The molecule has 4 heteroatoms. The summed E-state index contributed by atoms with van der Waals surface area (Å²) in [6.45, 7) is 1.43. The molecule has 0 saturated heterocycles. The molecule has 0 radical (unpaired) electrons. The number of hydrogen-bond donors (Lipinski definition) is 2. The summed E-state index contributed by atoms with van der Waals surface area (Å²) in [6, 6.07) is 0.158. The van der Waals surface area contributed by atoms with E-state index in [0.29, 0.717) is 0 Å². The molecule has 0 aromatic carbocycles. The standard InChI is InChI=1S/C6H14NO2P/c1-10(8,9)6-3-2-5(7)4-6/h5-6H,2-4,7H2,1H3,(H,8,9)/t5-,6+/m0/s1. The first kappa shape index (κ1) is 8.25. The molecule has 0 amide bonds. The molecule has 1 saturated carbocycles. The van der Waals surface area contributed by atoms with Crippen LogP contribution >= 0.6 is 7.37 Å². The normalized spacial score (nSPS) is 39.5. The Hall–Kier alpha value is 0.150. The van der Waals surface area contributed by atoms with Gasteiger partial charge in [0, 0.05) is 18.4 Å². The molecule has 60 valence electrons. The molecule has 0 aliphatic heterocycles. The summed E-state index contributed by atoms with van der Waals surface area (Å²) in [6.07, 6.45) is 2.46.